The maximum Gasteiger partial charge on any atom is 0.160 e. The Balaban J connectivity index is 2.57. The summed E-state index contributed by atoms with van der Waals surface area (Å²) in [5.74, 6) is -4.21. The summed E-state index contributed by atoms with van der Waals surface area (Å²) < 4.78 is 54.0. The van der Waals surface area contributed by atoms with Crippen LogP contribution in [0.2, 0.25) is 5.02 Å². The van der Waals surface area contributed by atoms with Gasteiger partial charge in [0.25, 0.3) is 0 Å². The van der Waals surface area contributed by atoms with E-state index in [2.05, 4.69) is 15.9 Å². The van der Waals surface area contributed by atoms with Crippen molar-refractivity contribution in [1.82, 2.24) is 0 Å². The second-order valence-electron chi connectivity index (χ2n) is 3.93. The lowest BCUT2D eigenvalue weighted by Crippen LogP contribution is -2.03. The third-order valence-electron chi connectivity index (χ3n) is 2.61. The number of hydrogen-bond donors (Lipinski definition) is 0. The molecule has 0 nitrogen and oxygen atoms in total. The van der Waals surface area contributed by atoms with Crippen LogP contribution in [0, 0.1) is 23.3 Å². The largest absolute Gasteiger partial charge is 0.206 e. The molecule has 0 amide bonds. The second-order valence-corrected chi connectivity index (χ2v) is 5.69. The Hall–Kier alpha value is -0.780. The highest BCUT2D eigenvalue weighted by atomic mass is 79.9. The molecule has 0 aliphatic rings. The number of rotatable bonds is 2. The summed E-state index contributed by atoms with van der Waals surface area (Å²) in [4.78, 5) is 0. The molecular formula is C13H5BrCl2F4. The molecule has 0 saturated heterocycles. The molecule has 20 heavy (non-hydrogen) atoms. The summed E-state index contributed by atoms with van der Waals surface area (Å²) in [5, 5.41) is -1.60. The lowest BCUT2D eigenvalue weighted by Gasteiger charge is -2.14. The zero-order chi connectivity index (χ0) is 15.0. The number of alkyl halides is 1. The van der Waals surface area contributed by atoms with Crippen molar-refractivity contribution in [3.63, 3.8) is 0 Å². The number of benzene rings is 2. The maximum atomic E-state index is 13.8. The Morgan fingerprint density at radius 1 is 0.850 bits per heavy atom. The van der Waals surface area contributed by atoms with Gasteiger partial charge in [-0.15, -0.1) is 11.6 Å². The minimum Gasteiger partial charge on any atom is -0.206 e. The summed E-state index contributed by atoms with van der Waals surface area (Å²) in [5.41, 5.74) is -0.602. The predicted octanol–water partition coefficient (Wildman–Crippen LogP) is 5.99. The van der Waals surface area contributed by atoms with E-state index >= 15 is 0 Å². The van der Waals surface area contributed by atoms with Crippen molar-refractivity contribution in [2.45, 2.75) is 5.38 Å². The molecule has 0 aromatic heterocycles. The molecule has 7 heteroatoms. The smallest absolute Gasteiger partial charge is 0.160 e. The minimum atomic E-state index is -1.38. The molecular weight excluding hydrogens is 383 g/mol. The zero-order valence-electron chi connectivity index (χ0n) is 9.53. The Kier molecular flexibility index (Phi) is 4.62. The molecule has 1 atom stereocenters. The third kappa shape index (κ3) is 2.95. The van der Waals surface area contributed by atoms with Gasteiger partial charge in [0.05, 0.1) is 5.38 Å². The third-order valence-corrected chi connectivity index (χ3v) is 3.85. The molecule has 0 radical (unpaired) electrons. The normalized spacial score (nSPS) is 12.6. The van der Waals surface area contributed by atoms with Crippen molar-refractivity contribution in [2.24, 2.45) is 0 Å². The van der Waals surface area contributed by atoms with Crippen molar-refractivity contribution in [3.05, 3.63) is 68.2 Å². The van der Waals surface area contributed by atoms with Crippen molar-refractivity contribution >= 4 is 39.1 Å². The van der Waals surface area contributed by atoms with E-state index in [4.69, 9.17) is 23.2 Å². The van der Waals surface area contributed by atoms with E-state index < -0.39 is 34.2 Å². The van der Waals surface area contributed by atoms with E-state index in [-0.39, 0.29) is 15.1 Å². The maximum absolute atomic E-state index is 13.8. The Bertz CT molecular complexity index is 653. The van der Waals surface area contributed by atoms with Crippen molar-refractivity contribution < 1.29 is 17.6 Å². The summed E-state index contributed by atoms with van der Waals surface area (Å²) in [6, 6.07) is 3.45. The molecule has 0 aliphatic carbocycles. The molecule has 2 aromatic rings. The van der Waals surface area contributed by atoms with Crippen LogP contribution in [0.5, 0.6) is 0 Å². The first-order chi connectivity index (χ1) is 9.31. The van der Waals surface area contributed by atoms with Gasteiger partial charge < -0.3 is 0 Å². The van der Waals surface area contributed by atoms with Crippen LogP contribution in [0.1, 0.15) is 16.5 Å². The van der Waals surface area contributed by atoms with Gasteiger partial charge in [-0.2, -0.15) is 0 Å². The van der Waals surface area contributed by atoms with E-state index in [1.54, 1.807) is 0 Å². The molecule has 0 fully saturated rings. The summed E-state index contributed by atoms with van der Waals surface area (Å²) in [6.45, 7) is 0. The van der Waals surface area contributed by atoms with E-state index in [9.17, 15) is 17.6 Å². The monoisotopic (exact) mass is 386 g/mol. The van der Waals surface area contributed by atoms with Gasteiger partial charge in [-0.05, 0) is 29.8 Å². The fourth-order valence-corrected chi connectivity index (χ4v) is 2.79. The molecule has 2 aromatic carbocycles. The van der Waals surface area contributed by atoms with Crippen LogP contribution in [-0.4, -0.2) is 0 Å². The summed E-state index contributed by atoms with van der Waals surface area (Å²) in [7, 11) is 0. The highest BCUT2D eigenvalue weighted by Crippen LogP contribution is 2.38. The van der Waals surface area contributed by atoms with E-state index in [0.717, 1.165) is 18.2 Å². The summed E-state index contributed by atoms with van der Waals surface area (Å²) >= 11 is 14.6. The highest BCUT2D eigenvalue weighted by Gasteiger charge is 2.24. The van der Waals surface area contributed by atoms with Gasteiger partial charge in [0, 0.05) is 15.1 Å². The molecule has 106 valence electrons. The van der Waals surface area contributed by atoms with Crippen molar-refractivity contribution in [2.75, 3.05) is 0 Å². The quantitative estimate of drug-likeness (QED) is 0.337. The molecule has 0 saturated carbocycles. The lowest BCUT2D eigenvalue weighted by molar-refractivity contribution is 0.506. The average Bonchev–Trinajstić information content (AvgIpc) is 2.32. The van der Waals surface area contributed by atoms with Crippen molar-refractivity contribution in [1.29, 1.82) is 0 Å². The van der Waals surface area contributed by atoms with Gasteiger partial charge in [-0.25, -0.2) is 17.6 Å². The van der Waals surface area contributed by atoms with E-state index in [1.807, 2.05) is 0 Å². The Morgan fingerprint density at radius 2 is 1.35 bits per heavy atom. The van der Waals surface area contributed by atoms with Gasteiger partial charge in [0.1, 0.15) is 11.6 Å². The van der Waals surface area contributed by atoms with E-state index in [0.29, 0.717) is 6.07 Å². The molecule has 0 aliphatic heterocycles. The Morgan fingerprint density at radius 3 is 1.90 bits per heavy atom. The molecule has 0 N–H and O–H groups in total. The first kappa shape index (κ1) is 15.6. The van der Waals surface area contributed by atoms with Crippen LogP contribution in [0.4, 0.5) is 17.6 Å². The van der Waals surface area contributed by atoms with E-state index in [1.165, 1.54) is 0 Å². The van der Waals surface area contributed by atoms with Crippen LogP contribution in [0.3, 0.4) is 0 Å². The lowest BCUT2D eigenvalue weighted by atomic mass is 10.0. The van der Waals surface area contributed by atoms with Crippen LogP contribution in [0.15, 0.2) is 28.7 Å². The fraction of sp³-hybridized carbons (Fsp3) is 0.0769. The van der Waals surface area contributed by atoms with Crippen LogP contribution >= 0.6 is 39.1 Å². The average molecular weight is 388 g/mol. The van der Waals surface area contributed by atoms with Gasteiger partial charge >= 0.3 is 0 Å². The van der Waals surface area contributed by atoms with Crippen molar-refractivity contribution in [3.8, 4) is 0 Å². The first-order valence-corrected chi connectivity index (χ1v) is 6.85. The minimum absolute atomic E-state index is 0.118. The second kappa shape index (κ2) is 5.92. The topological polar surface area (TPSA) is 0 Å². The standard InChI is InChI=1S/C13H5BrCl2F4/c14-5-1-10(19)12(11(20)2-5)13(16)6-3-8(17)9(18)4-7(6)15/h1-4,13H. The van der Waals surface area contributed by atoms with Crippen LogP contribution < -0.4 is 0 Å². The van der Waals surface area contributed by atoms with Crippen LogP contribution in [0.25, 0.3) is 0 Å². The molecule has 0 heterocycles. The van der Waals surface area contributed by atoms with Gasteiger partial charge in [0.15, 0.2) is 11.6 Å². The number of halogens is 7. The fourth-order valence-electron chi connectivity index (χ4n) is 1.68. The molecule has 0 spiro atoms. The zero-order valence-corrected chi connectivity index (χ0v) is 12.6. The highest BCUT2D eigenvalue weighted by molar-refractivity contribution is 9.10. The van der Waals surface area contributed by atoms with Crippen LogP contribution in [-0.2, 0) is 0 Å². The van der Waals surface area contributed by atoms with Gasteiger partial charge in [0.2, 0.25) is 0 Å². The first-order valence-electron chi connectivity index (χ1n) is 5.24. The van der Waals surface area contributed by atoms with Gasteiger partial charge in [-0.1, -0.05) is 27.5 Å². The molecule has 1 unspecified atom stereocenters. The SMILES string of the molecule is Fc1cc(Cl)c(C(Cl)c2c(F)cc(Br)cc2F)cc1F. The predicted molar refractivity (Wildman–Crippen MR) is 73.1 cm³/mol. The number of hydrogen-bond acceptors (Lipinski definition) is 0. The van der Waals surface area contributed by atoms with Gasteiger partial charge in [-0.3, -0.25) is 0 Å². The summed E-state index contributed by atoms with van der Waals surface area (Å²) in [6.07, 6.45) is 0. The molecule has 0 bridgehead atoms. The Labute approximate surface area is 130 Å². The molecule has 2 rings (SSSR count).